The van der Waals surface area contributed by atoms with Crippen molar-refractivity contribution < 1.29 is 0 Å². The van der Waals surface area contributed by atoms with E-state index in [1.807, 2.05) is 30.3 Å². The van der Waals surface area contributed by atoms with E-state index in [0.29, 0.717) is 0 Å². The molecule has 2 aromatic rings. The molecule has 0 bridgehead atoms. The van der Waals surface area contributed by atoms with Gasteiger partial charge in [-0.3, -0.25) is 4.98 Å². The number of aliphatic imine (C=N–C) groups is 1. The van der Waals surface area contributed by atoms with Gasteiger partial charge in [0.1, 0.15) is 0 Å². The van der Waals surface area contributed by atoms with Crippen LogP contribution in [-0.4, -0.2) is 10.1 Å². The Morgan fingerprint density at radius 3 is 3.08 bits per heavy atom. The summed E-state index contributed by atoms with van der Waals surface area (Å²) in [4.78, 5) is 8.08. The lowest BCUT2D eigenvalue weighted by molar-refractivity contribution is 1.41. The Balaban J connectivity index is 2.68. The average Bonchev–Trinajstić information content (AvgIpc) is 2.18. The fraction of sp³-hybridized carbons (Fsp3) is 0. The van der Waals surface area contributed by atoms with Crippen LogP contribution >= 0.6 is 12.2 Å². The number of pyridine rings is 1. The molecule has 0 unspecified atom stereocenters. The quantitative estimate of drug-likeness (QED) is 0.505. The second-order valence-electron chi connectivity index (χ2n) is 2.58. The van der Waals surface area contributed by atoms with E-state index in [-0.39, 0.29) is 0 Å². The second-order valence-corrected chi connectivity index (χ2v) is 2.77. The van der Waals surface area contributed by atoms with Crippen LogP contribution in [0.4, 0.5) is 5.69 Å². The first-order valence-corrected chi connectivity index (χ1v) is 4.23. The lowest BCUT2D eigenvalue weighted by Gasteiger charge is -1.95. The number of aromatic nitrogens is 1. The van der Waals surface area contributed by atoms with Crippen LogP contribution in [0.5, 0.6) is 0 Å². The van der Waals surface area contributed by atoms with Crippen molar-refractivity contribution in [3.8, 4) is 0 Å². The maximum atomic E-state index is 4.52. The van der Waals surface area contributed by atoms with Crippen LogP contribution in [0, 0.1) is 0 Å². The molecule has 1 aromatic heterocycles. The molecule has 0 aliphatic rings. The number of fused-ring (bicyclic) bond motifs is 1. The summed E-state index contributed by atoms with van der Waals surface area (Å²) in [5.41, 5.74) is 1.72. The average molecular weight is 186 g/mol. The van der Waals surface area contributed by atoms with Crippen molar-refractivity contribution in [3.05, 3.63) is 36.5 Å². The molecule has 2 rings (SSSR count). The number of isothiocyanates is 1. The molecule has 13 heavy (non-hydrogen) atoms. The molecule has 0 atom stereocenters. The summed E-state index contributed by atoms with van der Waals surface area (Å²) in [5, 5.41) is 3.43. The maximum Gasteiger partial charge on any atom is 0.0761 e. The summed E-state index contributed by atoms with van der Waals surface area (Å²) >= 11 is 4.52. The normalized spacial score (nSPS) is 9.54. The van der Waals surface area contributed by atoms with E-state index < -0.39 is 0 Å². The molecule has 1 heterocycles. The van der Waals surface area contributed by atoms with E-state index in [1.54, 1.807) is 6.20 Å². The first-order valence-electron chi connectivity index (χ1n) is 3.83. The van der Waals surface area contributed by atoms with Gasteiger partial charge in [0.05, 0.1) is 16.4 Å². The summed E-state index contributed by atoms with van der Waals surface area (Å²) < 4.78 is 0. The van der Waals surface area contributed by atoms with Gasteiger partial charge in [0, 0.05) is 11.6 Å². The van der Waals surface area contributed by atoms with Gasteiger partial charge in [-0.2, -0.15) is 4.99 Å². The molecule has 2 nitrogen and oxygen atoms in total. The predicted molar refractivity (Wildman–Crippen MR) is 56.4 cm³/mol. The summed E-state index contributed by atoms with van der Waals surface area (Å²) in [7, 11) is 0. The predicted octanol–water partition coefficient (Wildman–Crippen LogP) is 2.97. The van der Waals surface area contributed by atoms with Gasteiger partial charge in [-0.05, 0) is 30.4 Å². The molecule has 0 saturated heterocycles. The number of benzene rings is 1. The Bertz CT molecular complexity index is 487. The fourth-order valence-corrected chi connectivity index (χ4v) is 1.28. The van der Waals surface area contributed by atoms with Gasteiger partial charge in [0.25, 0.3) is 0 Å². The van der Waals surface area contributed by atoms with Crippen molar-refractivity contribution in [2.24, 2.45) is 4.99 Å². The zero-order chi connectivity index (χ0) is 9.10. The highest BCUT2D eigenvalue weighted by Gasteiger charge is 1.93. The van der Waals surface area contributed by atoms with Crippen molar-refractivity contribution >= 4 is 34.0 Å². The largest absolute Gasteiger partial charge is 0.256 e. The SMILES string of the molecule is S=C=Nc1ccc2cccnc2c1. The van der Waals surface area contributed by atoms with Crippen LogP contribution in [0.25, 0.3) is 10.9 Å². The van der Waals surface area contributed by atoms with Crippen molar-refractivity contribution in [1.82, 2.24) is 4.98 Å². The molecule has 0 radical (unpaired) electrons. The van der Waals surface area contributed by atoms with E-state index in [0.717, 1.165) is 16.6 Å². The molecule has 1 aromatic carbocycles. The third-order valence-electron chi connectivity index (χ3n) is 1.76. The van der Waals surface area contributed by atoms with Gasteiger partial charge >= 0.3 is 0 Å². The molecule has 0 spiro atoms. The van der Waals surface area contributed by atoms with E-state index in [2.05, 4.69) is 27.4 Å². The topological polar surface area (TPSA) is 25.2 Å². The van der Waals surface area contributed by atoms with E-state index in [1.165, 1.54) is 0 Å². The Kier molecular flexibility index (Phi) is 2.13. The molecule has 0 saturated carbocycles. The maximum absolute atomic E-state index is 4.52. The molecular formula is C10H6N2S. The van der Waals surface area contributed by atoms with Gasteiger partial charge in [-0.1, -0.05) is 12.1 Å². The number of thiocarbonyl (C=S) groups is 1. The van der Waals surface area contributed by atoms with Crippen molar-refractivity contribution in [1.29, 1.82) is 0 Å². The van der Waals surface area contributed by atoms with Crippen molar-refractivity contribution in [3.63, 3.8) is 0 Å². The lowest BCUT2D eigenvalue weighted by atomic mass is 10.2. The first-order chi connectivity index (χ1) is 6.40. The molecule has 0 N–H and O–H groups in total. The monoisotopic (exact) mass is 186 g/mol. The molecule has 0 aliphatic carbocycles. The van der Waals surface area contributed by atoms with E-state index >= 15 is 0 Å². The standard InChI is InChI=1S/C10H6N2S/c13-7-12-9-4-3-8-2-1-5-11-10(8)6-9/h1-6H. The first kappa shape index (κ1) is 8.05. The Morgan fingerprint density at radius 2 is 2.23 bits per heavy atom. The minimum Gasteiger partial charge on any atom is -0.256 e. The zero-order valence-corrected chi connectivity index (χ0v) is 7.58. The van der Waals surface area contributed by atoms with Crippen molar-refractivity contribution in [2.45, 2.75) is 0 Å². The number of hydrogen-bond acceptors (Lipinski definition) is 3. The zero-order valence-electron chi connectivity index (χ0n) is 6.77. The van der Waals surface area contributed by atoms with Gasteiger partial charge in [-0.15, -0.1) is 0 Å². The van der Waals surface area contributed by atoms with Crippen LogP contribution in [0.1, 0.15) is 0 Å². The van der Waals surface area contributed by atoms with Crippen LogP contribution in [0.3, 0.4) is 0 Å². The van der Waals surface area contributed by atoms with E-state index in [9.17, 15) is 0 Å². The summed E-state index contributed by atoms with van der Waals surface area (Å²) in [6, 6.07) is 9.66. The third-order valence-corrected chi connectivity index (χ3v) is 1.86. The smallest absolute Gasteiger partial charge is 0.0761 e. The van der Waals surface area contributed by atoms with Crippen LogP contribution < -0.4 is 0 Å². The minimum atomic E-state index is 0.793. The highest BCUT2D eigenvalue weighted by molar-refractivity contribution is 7.78. The Morgan fingerprint density at radius 1 is 1.31 bits per heavy atom. The molecule has 0 fully saturated rings. The molecular weight excluding hydrogens is 180 g/mol. The lowest BCUT2D eigenvalue weighted by Crippen LogP contribution is -1.75. The number of nitrogens with zero attached hydrogens (tertiary/aromatic N) is 2. The summed E-state index contributed by atoms with van der Waals surface area (Å²) in [5.74, 6) is 0. The molecule has 3 heteroatoms. The number of rotatable bonds is 1. The molecule has 0 aliphatic heterocycles. The van der Waals surface area contributed by atoms with Crippen molar-refractivity contribution in [2.75, 3.05) is 0 Å². The second kappa shape index (κ2) is 3.44. The summed E-state index contributed by atoms with van der Waals surface area (Å²) in [6.07, 6.45) is 1.76. The molecule has 62 valence electrons. The Labute approximate surface area is 81.0 Å². The van der Waals surface area contributed by atoms with Gasteiger partial charge < -0.3 is 0 Å². The van der Waals surface area contributed by atoms with Crippen LogP contribution in [0.15, 0.2) is 41.5 Å². The highest BCUT2D eigenvalue weighted by Crippen LogP contribution is 2.18. The third kappa shape index (κ3) is 1.61. The number of hydrogen-bond donors (Lipinski definition) is 0. The molecule has 0 amide bonds. The Hall–Kier alpha value is -1.57. The van der Waals surface area contributed by atoms with Gasteiger partial charge in [0.2, 0.25) is 0 Å². The minimum absolute atomic E-state index is 0.793. The fourth-order valence-electron chi connectivity index (χ4n) is 1.18. The van der Waals surface area contributed by atoms with Gasteiger partial charge in [0.15, 0.2) is 0 Å². The van der Waals surface area contributed by atoms with E-state index in [4.69, 9.17) is 0 Å². The highest BCUT2D eigenvalue weighted by atomic mass is 32.1. The summed E-state index contributed by atoms with van der Waals surface area (Å²) in [6.45, 7) is 0. The van der Waals surface area contributed by atoms with Crippen LogP contribution in [0.2, 0.25) is 0 Å². The van der Waals surface area contributed by atoms with Crippen LogP contribution in [-0.2, 0) is 0 Å². The van der Waals surface area contributed by atoms with Gasteiger partial charge in [-0.25, -0.2) is 0 Å².